The van der Waals surface area contributed by atoms with Crippen LogP contribution in [0.3, 0.4) is 0 Å². The van der Waals surface area contributed by atoms with Gasteiger partial charge in [0.25, 0.3) is 0 Å². The Morgan fingerprint density at radius 3 is 2.43 bits per heavy atom. The molecule has 1 atom stereocenters. The van der Waals surface area contributed by atoms with Crippen molar-refractivity contribution in [3.8, 4) is 0 Å². The van der Waals surface area contributed by atoms with E-state index in [0.717, 1.165) is 32.5 Å². The minimum Gasteiger partial charge on any atom is -0.393 e. The zero-order valence-corrected chi connectivity index (χ0v) is 9.88. The SMILES string of the molecule is COC(C)(C)CCOCCCC(C)O. The van der Waals surface area contributed by atoms with E-state index in [2.05, 4.69) is 0 Å². The van der Waals surface area contributed by atoms with Crippen LogP contribution < -0.4 is 0 Å². The highest BCUT2D eigenvalue weighted by Crippen LogP contribution is 2.12. The van der Waals surface area contributed by atoms with Gasteiger partial charge in [0.05, 0.1) is 11.7 Å². The van der Waals surface area contributed by atoms with Crippen LogP contribution in [0.4, 0.5) is 0 Å². The lowest BCUT2D eigenvalue weighted by Gasteiger charge is -2.22. The maximum atomic E-state index is 9.00. The molecular weight excluding hydrogens is 180 g/mol. The van der Waals surface area contributed by atoms with Crippen molar-refractivity contribution in [3.63, 3.8) is 0 Å². The number of aliphatic hydroxyl groups is 1. The molecule has 1 unspecified atom stereocenters. The Hall–Kier alpha value is -0.120. The maximum Gasteiger partial charge on any atom is 0.0644 e. The lowest BCUT2D eigenvalue weighted by molar-refractivity contribution is -0.0109. The molecule has 14 heavy (non-hydrogen) atoms. The number of methoxy groups -OCH3 is 1. The second kappa shape index (κ2) is 7.21. The Balaban J connectivity index is 3.21. The van der Waals surface area contributed by atoms with Crippen LogP contribution in [-0.2, 0) is 9.47 Å². The van der Waals surface area contributed by atoms with Crippen LogP contribution in [0, 0.1) is 0 Å². The van der Waals surface area contributed by atoms with E-state index in [1.807, 2.05) is 13.8 Å². The van der Waals surface area contributed by atoms with Crippen LogP contribution in [0.5, 0.6) is 0 Å². The summed E-state index contributed by atoms with van der Waals surface area (Å²) < 4.78 is 10.7. The topological polar surface area (TPSA) is 38.7 Å². The molecule has 0 aliphatic carbocycles. The van der Waals surface area contributed by atoms with Gasteiger partial charge in [0.15, 0.2) is 0 Å². The molecule has 86 valence electrons. The van der Waals surface area contributed by atoms with E-state index in [9.17, 15) is 0 Å². The lowest BCUT2D eigenvalue weighted by atomic mass is 10.1. The molecule has 0 aliphatic heterocycles. The molecule has 0 aromatic heterocycles. The van der Waals surface area contributed by atoms with E-state index in [0.29, 0.717) is 0 Å². The number of ether oxygens (including phenoxy) is 2. The molecule has 0 aromatic carbocycles. The fourth-order valence-electron chi connectivity index (χ4n) is 1.00. The first-order valence-electron chi connectivity index (χ1n) is 5.29. The third-order valence-corrected chi connectivity index (χ3v) is 2.31. The van der Waals surface area contributed by atoms with Gasteiger partial charge in [-0.3, -0.25) is 0 Å². The fraction of sp³-hybridized carbons (Fsp3) is 1.00. The van der Waals surface area contributed by atoms with Crippen LogP contribution in [0.15, 0.2) is 0 Å². The van der Waals surface area contributed by atoms with Gasteiger partial charge in [0.1, 0.15) is 0 Å². The Morgan fingerprint density at radius 2 is 1.93 bits per heavy atom. The van der Waals surface area contributed by atoms with Gasteiger partial charge in [-0.1, -0.05) is 0 Å². The molecule has 0 saturated heterocycles. The van der Waals surface area contributed by atoms with E-state index in [1.54, 1.807) is 14.0 Å². The molecule has 1 N–H and O–H groups in total. The molecule has 0 heterocycles. The second-order valence-electron chi connectivity index (χ2n) is 4.32. The van der Waals surface area contributed by atoms with Crippen molar-refractivity contribution < 1.29 is 14.6 Å². The Morgan fingerprint density at radius 1 is 1.29 bits per heavy atom. The first-order chi connectivity index (χ1) is 6.48. The molecule has 3 heteroatoms. The molecule has 3 nitrogen and oxygen atoms in total. The third-order valence-electron chi connectivity index (χ3n) is 2.31. The molecule has 0 fully saturated rings. The van der Waals surface area contributed by atoms with Crippen molar-refractivity contribution in [1.29, 1.82) is 0 Å². The molecule has 0 amide bonds. The van der Waals surface area contributed by atoms with E-state index in [-0.39, 0.29) is 11.7 Å². The highest BCUT2D eigenvalue weighted by atomic mass is 16.5. The van der Waals surface area contributed by atoms with Gasteiger partial charge >= 0.3 is 0 Å². The highest BCUT2D eigenvalue weighted by Gasteiger charge is 2.15. The van der Waals surface area contributed by atoms with Crippen LogP contribution >= 0.6 is 0 Å². The molecule has 0 spiro atoms. The predicted molar refractivity (Wildman–Crippen MR) is 57.4 cm³/mol. The molecule has 0 saturated carbocycles. The largest absolute Gasteiger partial charge is 0.393 e. The second-order valence-corrected chi connectivity index (χ2v) is 4.32. The Kier molecular flexibility index (Phi) is 7.15. The summed E-state index contributed by atoms with van der Waals surface area (Å²) in [4.78, 5) is 0. The standard InChI is InChI=1S/C11H24O3/c1-10(12)6-5-8-14-9-7-11(2,3)13-4/h10,12H,5-9H2,1-4H3. The third kappa shape index (κ3) is 8.48. The Labute approximate surface area is 87.4 Å². The number of aliphatic hydroxyl groups excluding tert-OH is 1. The quantitative estimate of drug-likeness (QED) is 0.614. The van der Waals surface area contributed by atoms with Gasteiger partial charge in [0.2, 0.25) is 0 Å². The maximum absolute atomic E-state index is 9.00. The summed E-state index contributed by atoms with van der Waals surface area (Å²) in [5, 5.41) is 9.00. The van der Waals surface area contributed by atoms with Crippen molar-refractivity contribution in [2.24, 2.45) is 0 Å². The van der Waals surface area contributed by atoms with Gasteiger partial charge in [-0.05, 0) is 40.0 Å². The highest BCUT2D eigenvalue weighted by molar-refractivity contribution is 4.66. The summed E-state index contributed by atoms with van der Waals surface area (Å²) in [6.07, 6.45) is 2.42. The fourth-order valence-corrected chi connectivity index (χ4v) is 1.00. The van der Waals surface area contributed by atoms with Gasteiger partial charge in [-0.2, -0.15) is 0 Å². The van der Waals surface area contributed by atoms with E-state index in [4.69, 9.17) is 14.6 Å². The molecular formula is C11H24O3. The molecule has 0 radical (unpaired) electrons. The van der Waals surface area contributed by atoms with Crippen LogP contribution in [0.2, 0.25) is 0 Å². The summed E-state index contributed by atoms with van der Waals surface area (Å²) in [7, 11) is 1.72. The van der Waals surface area contributed by atoms with Crippen LogP contribution in [-0.4, -0.2) is 37.1 Å². The first kappa shape index (κ1) is 13.9. The van der Waals surface area contributed by atoms with Crippen molar-refractivity contribution in [2.45, 2.75) is 51.7 Å². The van der Waals surface area contributed by atoms with Crippen molar-refractivity contribution in [3.05, 3.63) is 0 Å². The van der Waals surface area contributed by atoms with E-state index in [1.165, 1.54) is 0 Å². The monoisotopic (exact) mass is 204 g/mol. The smallest absolute Gasteiger partial charge is 0.0644 e. The summed E-state index contributed by atoms with van der Waals surface area (Å²) >= 11 is 0. The van der Waals surface area contributed by atoms with Crippen molar-refractivity contribution >= 4 is 0 Å². The lowest BCUT2D eigenvalue weighted by Crippen LogP contribution is -2.24. The van der Waals surface area contributed by atoms with E-state index >= 15 is 0 Å². The average Bonchev–Trinajstić information content (AvgIpc) is 2.10. The zero-order valence-electron chi connectivity index (χ0n) is 9.88. The van der Waals surface area contributed by atoms with Crippen LogP contribution in [0.25, 0.3) is 0 Å². The average molecular weight is 204 g/mol. The summed E-state index contributed by atoms with van der Waals surface area (Å²) in [5.41, 5.74) is -0.0930. The predicted octanol–water partition coefficient (Wildman–Crippen LogP) is 1.98. The normalized spacial score (nSPS) is 14.4. The molecule has 0 rings (SSSR count). The van der Waals surface area contributed by atoms with E-state index < -0.39 is 0 Å². The number of rotatable bonds is 8. The van der Waals surface area contributed by atoms with Crippen molar-refractivity contribution in [1.82, 2.24) is 0 Å². The first-order valence-corrected chi connectivity index (χ1v) is 5.29. The molecule has 0 aliphatic rings. The summed E-state index contributed by atoms with van der Waals surface area (Å²) in [6.45, 7) is 7.34. The summed E-state index contributed by atoms with van der Waals surface area (Å²) in [6, 6.07) is 0. The zero-order chi connectivity index (χ0) is 11.0. The van der Waals surface area contributed by atoms with Gasteiger partial charge in [-0.25, -0.2) is 0 Å². The minimum atomic E-state index is -0.214. The number of hydrogen-bond donors (Lipinski definition) is 1. The van der Waals surface area contributed by atoms with Gasteiger partial charge in [-0.15, -0.1) is 0 Å². The molecule has 0 bridgehead atoms. The minimum absolute atomic E-state index is 0.0930. The Bertz CT molecular complexity index is 132. The van der Waals surface area contributed by atoms with Gasteiger partial charge < -0.3 is 14.6 Å². The van der Waals surface area contributed by atoms with Crippen molar-refractivity contribution in [2.75, 3.05) is 20.3 Å². The van der Waals surface area contributed by atoms with Crippen LogP contribution in [0.1, 0.15) is 40.0 Å². The number of hydrogen-bond acceptors (Lipinski definition) is 3. The molecule has 0 aromatic rings. The summed E-state index contributed by atoms with van der Waals surface area (Å²) in [5.74, 6) is 0. The van der Waals surface area contributed by atoms with Gasteiger partial charge in [0, 0.05) is 20.3 Å².